The molecule has 3 aromatic rings. The lowest BCUT2D eigenvalue weighted by molar-refractivity contribution is 0.298. The second-order valence-electron chi connectivity index (χ2n) is 12.7. The van der Waals surface area contributed by atoms with Crippen molar-refractivity contribution in [1.29, 1.82) is 0 Å². The highest BCUT2D eigenvalue weighted by atomic mass is 16.5. The Balaban J connectivity index is 0.00000349. The molecule has 0 aliphatic rings. The van der Waals surface area contributed by atoms with Gasteiger partial charge in [-0.25, -0.2) is 11.7 Å². The Morgan fingerprint density at radius 1 is 0.446 bits per heavy atom. The second kappa shape index (κ2) is 27.6. The minimum absolute atomic E-state index is 0.331. The first-order valence-electron chi connectivity index (χ1n) is 19.3. The van der Waals surface area contributed by atoms with Gasteiger partial charge in [0.25, 0.3) is 0 Å². The quantitative estimate of drug-likeness (QED) is 0.0321. The van der Waals surface area contributed by atoms with E-state index in [0.717, 1.165) is 0 Å². The van der Waals surface area contributed by atoms with Gasteiger partial charge in [0.05, 0.1) is 55.8 Å². The van der Waals surface area contributed by atoms with E-state index < -0.39 is 0 Å². The maximum Gasteiger partial charge on any atom is 0.125 e. The molecule has 0 fully saturated rings. The van der Waals surface area contributed by atoms with Gasteiger partial charge in [-0.3, -0.25) is 10.0 Å². The molecule has 56 heavy (non-hydrogen) atoms. The Kier molecular flexibility index (Phi) is 23.3. The molecule has 16 nitrogen and oxygen atoms in total. The summed E-state index contributed by atoms with van der Waals surface area (Å²) in [6, 6.07) is 16.2. The van der Waals surface area contributed by atoms with Crippen LogP contribution < -0.4 is 85.5 Å². The molecule has 0 aliphatic heterocycles. The van der Waals surface area contributed by atoms with Crippen LogP contribution in [0.5, 0.6) is 28.7 Å². The number of rotatable bonds is 26. The average Bonchev–Trinajstić information content (AvgIpc) is 3.18. The smallest absolute Gasteiger partial charge is 0.125 e. The number of ether oxygens (including phenoxy) is 5. The van der Waals surface area contributed by atoms with E-state index in [0.29, 0.717) is 161 Å². The molecule has 0 aliphatic carbocycles. The Labute approximate surface area is 332 Å². The fraction of sp³-hybridized carbons (Fsp3) is 0.450. The van der Waals surface area contributed by atoms with Crippen molar-refractivity contribution in [3.8, 4) is 28.7 Å². The third-order valence-corrected chi connectivity index (χ3v) is 7.54. The fourth-order valence-corrected chi connectivity index (χ4v) is 4.73. The van der Waals surface area contributed by atoms with Crippen LogP contribution >= 0.6 is 0 Å². The molecule has 0 saturated carbocycles. The summed E-state index contributed by atoms with van der Waals surface area (Å²) in [6.45, 7) is 8.91. The first kappa shape index (κ1) is 47.2. The van der Waals surface area contributed by atoms with E-state index in [1.165, 1.54) is 16.4 Å². The topological polar surface area (TPSA) is 287 Å². The number of anilines is 2. The van der Waals surface area contributed by atoms with Gasteiger partial charge in [-0.05, 0) is 83.0 Å². The number of hydrazine groups is 2. The van der Waals surface area contributed by atoms with Crippen molar-refractivity contribution in [2.24, 2.45) is 51.8 Å². The summed E-state index contributed by atoms with van der Waals surface area (Å²) in [5.41, 5.74) is 44.6. The molecule has 0 saturated heterocycles. The lowest BCUT2D eigenvalue weighted by Crippen LogP contribution is -2.26. The number of hydrogen-bond donors (Lipinski definition) is 9. The van der Waals surface area contributed by atoms with Crippen LogP contribution in [0, 0.1) is 0 Å². The molecule has 0 amide bonds. The van der Waals surface area contributed by atoms with Gasteiger partial charge < -0.3 is 63.8 Å². The van der Waals surface area contributed by atoms with E-state index in [1.807, 2.05) is 6.07 Å². The van der Waals surface area contributed by atoms with Gasteiger partial charge in [-0.2, -0.15) is 0 Å². The van der Waals surface area contributed by atoms with E-state index >= 15 is 0 Å². The molecule has 16 heteroatoms. The molecular weight excluding hydrogens is 715 g/mol. The Hall–Kier alpha value is -4.94. The molecule has 0 heterocycles. The van der Waals surface area contributed by atoms with E-state index in [9.17, 15) is 0 Å². The van der Waals surface area contributed by atoms with Gasteiger partial charge >= 0.3 is 0 Å². The van der Waals surface area contributed by atoms with Crippen LogP contribution in [0.3, 0.4) is 0 Å². The first-order valence-corrected chi connectivity index (χ1v) is 19.3. The van der Waals surface area contributed by atoms with Gasteiger partial charge in [0.1, 0.15) is 28.7 Å². The summed E-state index contributed by atoms with van der Waals surface area (Å²) < 4.78 is 29.6. The summed E-state index contributed by atoms with van der Waals surface area (Å²) in [7, 11) is 0. The Morgan fingerprint density at radius 3 is 0.946 bits per heavy atom. The summed E-state index contributed by atoms with van der Waals surface area (Å²) in [5.74, 6) is 15.9. The minimum atomic E-state index is 0.331. The van der Waals surface area contributed by atoms with Crippen molar-refractivity contribution in [3.05, 3.63) is 78.1 Å². The number of benzene rings is 3. The van der Waals surface area contributed by atoms with Crippen molar-refractivity contribution in [2.75, 3.05) is 75.8 Å². The maximum atomic E-state index is 6.66. The molecule has 0 unspecified atom stereocenters. The lowest BCUT2D eigenvalue weighted by Gasteiger charge is -2.20. The minimum Gasteiger partial charge on any atom is -0.494 e. The lowest BCUT2D eigenvalue weighted by atomic mass is 10.1. The molecular formula is C40H67N11O5. The normalized spacial score (nSPS) is 11.4. The molecule has 18 N–H and O–H groups in total. The third-order valence-electron chi connectivity index (χ3n) is 7.54. The van der Waals surface area contributed by atoms with E-state index in [4.69, 9.17) is 75.5 Å². The summed E-state index contributed by atoms with van der Waals surface area (Å²) in [4.78, 5) is 0. The van der Waals surface area contributed by atoms with Crippen molar-refractivity contribution in [3.63, 3.8) is 0 Å². The third kappa shape index (κ3) is 17.7. The van der Waals surface area contributed by atoms with Crippen molar-refractivity contribution in [2.45, 2.75) is 52.4 Å². The van der Waals surface area contributed by atoms with Gasteiger partial charge in [0.2, 0.25) is 0 Å². The van der Waals surface area contributed by atoms with E-state index in [-0.39, 0.29) is 0 Å². The highest BCUT2D eigenvalue weighted by Gasteiger charge is 2.13. The van der Waals surface area contributed by atoms with Crippen LogP contribution in [-0.2, 0) is 0 Å². The Morgan fingerprint density at radius 2 is 0.696 bits per heavy atom. The van der Waals surface area contributed by atoms with Gasteiger partial charge in [0, 0.05) is 59.9 Å². The highest BCUT2D eigenvalue weighted by molar-refractivity contribution is 5.74. The average molecular weight is 782 g/mol. The van der Waals surface area contributed by atoms with Crippen LogP contribution in [-0.4, -0.2) is 65.8 Å². The second-order valence-corrected chi connectivity index (χ2v) is 12.7. The van der Waals surface area contributed by atoms with Crippen LogP contribution in [0.25, 0.3) is 11.4 Å². The van der Waals surface area contributed by atoms with Crippen LogP contribution in [0.15, 0.2) is 67.0 Å². The zero-order valence-electron chi connectivity index (χ0n) is 33.3. The van der Waals surface area contributed by atoms with Crippen molar-refractivity contribution in [1.82, 2.24) is 0 Å². The van der Waals surface area contributed by atoms with Crippen LogP contribution in [0.2, 0.25) is 0 Å². The largest absolute Gasteiger partial charge is 0.494 e. The SMILES string of the molecule is CCC.NCCCOc1cc(/C(N)=C/N(N)c2cc(OCCCN)cc(OCCCN)c2)cc(/C(N)=C/N(N)c2cc(OCCCN)cc(OCCCN)c2)c1. The standard InChI is InChI=1S/C37H59N11O5.C3H8/c38-6-1-11-49-31-17-27(36(43)25-47(45)29-19-32(50-12-2-7-39)23-33(20-29)51-13-3-8-40)16-28(18-31)37(44)26-48(46)30-21-34(52-14-4-9-41)24-35(22-30)53-15-5-10-42;1-3-2/h16-26H,1-15,38-46H2;3H2,1-2H3/b36-25-,37-26-;. The predicted octanol–water partition coefficient (Wildman–Crippen LogP) is 3.02. The van der Waals surface area contributed by atoms with E-state index in [1.54, 1.807) is 60.9 Å². The van der Waals surface area contributed by atoms with Crippen LogP contribution in [0.4, 0.5) is 11.4 Å². The first-order chi connectivity index (χ1) is 27.1. The monoisotopic (exact) mass is 782 g/mol. The van der Waals surface area contributed by atoms with Gasteiger partial charge in [-0.15, -0.1) is 0 Å². The Bertz CT molecular complexity index is 1440. The molecule has 0 radical (unpaired) electrons. The van der Waals surface area contributed by atoms with Gasteiger partial charge in [0.15, 0.2) is 0 Å². The summed E-state index contributed by atoms with van der Waals surface area (Å²) >= 11 is 0. The fourth-order valence-electron chi connectivity index (χ4n) is 4.73. The summed E-state index contributed by atoms with van der Waals surface area (Å²) in [5, 5.41) is 2.78. The van der Waals surface area contributed by atoms with Crippen molar-refractivity contribution < 1.29 is 23.7 Å². The van der Waals surface area contributed by atoms with E-state index in [2.05, 4.69) is 13.8 Å². The highest BCUT2D eigenvalue weighted by Crippen LogP contribution is 2.31. The van der Waals surface area contributed by atoms with Crippen LogP contribution in [0.1, 0.15) is 63.5 Å². The van der Waals surface area contributed by atoms with Gasteiger partial charge in [-0.1, -0.05) is 20.3 Å². The molecule has 3 rings (SSSR count). The maximum absolute atomic E-state index is 6.66. The number of nitrogens with two attached hydrogens (primary N) is 9. The zero-order chi connectivity index (χ0) is 41.1. The molecule has 0 aromatic heterocycles. The number of hydrogen-bond acceptors (Lipinski definition) is 16. The predicted molar refractivity (Wildman–Crippen MR) is 229 cm³/mol. The molecule has 3 aromatic carbocycles. The molecule has 312 valence electrons. The zero-order valence-corrected chi connectivity index (χ0v) is 33.3. The molecule has 0 bridgehead atoms. The number of nitrogens with zero attached hydrogens (tertiary/aromatic N) is 2. The molecule has 0 atom stereocenters. The van der Waals surface area contributed by atoms with Crippen molar-refractivity contribution >= 4 is 22.8 Å². The summed E-state index contributed by atoms with van der Waals surface area (Å²) in [6.07, 6.45) is 7.85. The molecule has 0 spiro atoms.